The predicted molar refractivity (Wildman–Crippen MR) is 68.2 cm³/mol. The first-order valence-electron chi connectivity index (χ1n) is 6.80. The third-order valence-corrected chi connectivity index (χ3v) is 3.67. The number of hydrogen-bond acceptors (Lipinski definition) is 5. The van der Waals surface area contributed by atoms with Gasteiger partial charge in [-0.15, -0.1) is 5.10 Å². The Bertz CT molecular complexity index is 519. The Labute approximate surface area is 115 Å². The van der Waals surface area contributed by atoms with Crippen LogP contribution in [0.4, 0.5) is 0 Å². The number of carbonyl (C=O) groups is 2. The lowest BCUT2D eigenvalue weighted by Gasteiger charge is -2.38. The molecule has 0 radical (unpaired) electrons. The van der Waals surface area contributed by atoms with Gasteiger partial charge in [-0.2, -0.15) is 0 Å². The molecule has 1 aromatic rings. The SMILES string of the molecule is O=C(O)c1cn(C2CN(C(=O)CCNC3CC3)C2)nn1. The molecular weight excluding hydrogens is 262 g/mol. The van der Waals surface area contributed by atoms with Crippen LogP contribution in [0.3, 0.4) is 0 Å². The first kappa shape index (κ1) is 13.0. The second kappa shape index (κ2) is 5.20. The average molecular weight is 279 g/mol. The molecule has 108 valence electrons. The second-order valence-electron chi connectivity index (χ2n) is 5.32. The highest BCUT2D eigenvalue weighted by molar-refractivity contribution is 5.84. The molecule has 8 nitrogen and oxygen atoms in total. The minimum atomic E-state index is -1.09. The summed E-state index contributed by atoms with van der Waals surface area (Å²) in [6, 6.07) is 0.660. The summed E-state index contributed by atoms with van der Waals surface area (Å²) >= 11 is 0. The summed E-state index contributed by atoms with van der Waals surface area (Å²) in [6.07, 6.45) is 4.36. The number of nitrogens with zero attached hydrogens (tertiary/aromatic N) is 4. The summed E-state index contributed by atoms with van der Waals surface area (Å²) in [6.45, 7) is 1.88. The number of carboxylic acid groups (broad SMARTS) is 1. The average Bonchev–Trinajstić information content (AvgIpc) is 3.03. The van der Waals surface area contributed by atoms with Gasteiger partial charge in [-0.25, -0.2) is 9.48 Å². The molecule has 0 bridgehead atoms. The van der Waals surface area contributed by atoms with Crippen LogP contribution in [-0.4, -0.2) is 62.6 Å². The fourth-order valence-corrected chi connectivity index (χ4v) is 2.21. The number of aromatic nitrogens is 3. The van der Waals surface area contributed by atoms with Crippen molar-refractivity contribution in [3.8, 4) is 0 Å². The molecule has 1 amide bonds. The predicted octanol–water partition coefficient (Wildman–Crippen LogP) is -0.498. The molecule has 2 heterocycles. The van der Waals surface area contributed by atoms with E-state index in [-0.39, 0.29) is 17.6 Å². The lowest BCUT2D eigenvalue weighted by atomic mass is 10.1. The lowest BCUT2D eigenvalue weighted by Crippen LogP contribution is -2.51. The van der Waals surface area contributed by atoms with Gasteiger partial charge in [-0.05, 0) is 12.8 Å². The highest BCUT2D eigenvalue weighted by atomic mass is 16.4. The fraction of sp³-hybridized carbons (Fsp3) is 0.667. The van der Waals surface area contributed by atoms with Crippen molar-refractivity contribution in [2.45, 2.75) is 31.3 Å². The minimum Gasteiger partial charge on any atom is -0.476 e. The van der Waals surface area contributed by atoms with Crippen molar-refractivity contribution < 1.29 is 14.7 Å². The molecule has 0 spiro atoms. The Morgan fingerprint density at radius 2 is 2.15 bits per heavy atom. The third kappa shape index (κ3) is 2.79. The van der Waals surface area contributed by atoms with Crippen LogP contribution in [-0.2, 0) is 4.79 Å². The van der Waals surface area contributed by atoms with Crippen LogP contribution < -0.4 is 5.32 Å². The summed E-state index contributed by atoms with van der Waals surface area (Å²) in [5.41, 5.74) is -0.0663. The highest BCUT2D eigenvalue weighted by Gasteiger charge is 2.33. The third-order valence-electron chi connectivity index (χ3n) is 3.67. The summed E-state index contributed by atoms with van der Waals surface area (Å²) < 4.78 is 1.52. The Kier molecular flexibility index (Phi) is 3.39. The molecule has 20 heavy (non-hydrogen) atoms. The molecule has 0 aromatic carbocycles. The van der Waals surface area contributed by atoms with Crippen molar-refractivity contribution >= 4 is 11.9 Å². The molecule has 8 heteroatoms. The Morgan fingerprint density at radius 3 is 2.75 bits per heavy atom. The molecular formula is C12H17N5O3. The van der Waals surface area contributed by atoms with Crippen molar-refractivity contribution in [3.63, 3.8) is 0 Å². The van der Waals surface area contributed by atoms with Gasteiger partial charge < -0.3 is 15.3 Å². The van der Waals surface area contributed by atoms with E-state index in [0.717, 1.165) is 6.54 Å². The van der Waals surface area contributed by atoms with E-state index in [1.807, 2.05) is 0 Å². The highest BCUT2D eigenvalue weighted by Crippen LogP contribution is 2.21. The number of carbonyl (C=O) groups excluding carboxylic acids is 1. The second-order valence-corrected chi connectivity index (χ2v) is 5.32. The standard InChI is InChI=1S/C12H17N5O3/c18-11(3-4-13-8-1-2-8)16-5-9(6-16)17-7-10(12(19)20)14-15-17/h7-9,13H,1-6H2,(H,19,20). The van der Waals surface area contributed by atoms with Crippen LogP contribution in [0.5, 0.6) is 0 Å². The van der Waals surface area contributed by atoms with Crippen LogP contribution in [0, 0.1) is 0 Å². The van der Waals surface area contributed by atoms with Crippen molar-refractivity contribution in [1.82, 2.24) is 25.2 Å². The van der Waals surface area contributed by atoms with E-state index in [2.05, 4.69) is 15.6 Å². The van der Waals surface area contributed by atoms with Gasteiger partial charge in [0.25, 0.3) is 0 Å². The zero-order valence-corrected chi connectivity index (χ0v) is 11.0. The molecule has 1 saturated heterocycles. The Hall–Kier alpha value is -1.96. The summed E-state index contributed by atoms with van der Waals surface area (Å²) in [5, 5.41) is 19.4. The van der Waals surface area contributed by atoms with Gasteiger partial charge in [0.1, 0.15) is 0 Å². The number of aromatic carboxylic acids is 1. The molecule has 0 unspecified atom stereocenters. The number of rotatable bonds is 6. The monoisotopic (exact) mass is 279 g/mol. The molecule has 1 saturated carbocycles. The van der Waals surface area contributed by atoms with Crippen molar-refractivity contribution in [1.29, 1.82) is 0 Å². The van der Waals surface area contributed by atoms with E-state index in [1.54, 1.807) is 4.90 Å². The van der Waals surface area contributed by atoms with E-state index in [0.29, 0.717) is 25.6 Å². The zero-order chi connectivity index (χ0) is 14.1. The van der Waals surface area contributed by atoms with Crippen LogP contribution in [0.2, 0.25) is 0 Å². The maximum atomic E-state index is 11.9. The van der Waals surface area contributed by atoms with Crippen LogP contribution >= 0.6 is 0 Å². The van der Waals surface area contributed by atoms with Gasteiger partial charge in [0, 0.05) is 32.1 Å². The molecule has 1 aliphatic carbocycles. The Balaban J connectivity index is 1.42. The fourth-order valence-electron chi connectivity index (χ4n) is 2.21. The molecule has 3 rings (SSSR count). The van der Waals surface area contributed by atoms with E-state index >= 15 is 0 Å². The van der Waals surface area contributed by atoms with Crippen LogP contribution in [0.15, 0.2) is 6.20 Å². The first-order chi connectivity index (χ1) is 9.63. The van der Waals surface area contributed by atoms with Crippen molar-refractivity contribution in [2.24, 2.45) is 0 Å². The number of nitrogens with one attached hydrogen (secondary N) is 1. The quantitative estimate of drug-likeness (QED) is 0.728. The lowest BCUT2D eigenvalue weighted by molar-refractivity contribution is -0.137. The maximum Gasteiger partial charge on any atom is 0.358 e. The minimum absolute atomic E-state index is 0.0379. The molecule has 2 aliphatic rings. The maximum absolute atomic E-state index is 11.9. The van der Waals surface area contributed by atoms with Gasteiger partial charge in [0.15, 0.2) is 5.69 Å². The number of amides is 1. The molecule has 0 atom stereocenters. The van der Waals surface area contributed by atoms with E-state index < -0.39 is 5.97 Å². The number of hydrogen-bond donors (Lipinski definition) is 2. The van der Waals surface area contributed by atoms with Gasteiger partial charge in [0.2, 0.25) is 5.91 Å². The smallest absolute Gasteiger partial charge is 0.358 e. The zero-order valence-electron chi connectivity index (χ0n) is 11.0. The van der Waals surface area contributed by atoms with Crippen LogP contribution in [0.25, 0.3) is 0 Å². The van der Waals surface area contributed by atoms with Crippen molar-refractivity contribution in [2.75, 3.05) is 19.6 Å². The van der Waals surface area contributed by atoms with E-state index in [1.165, 1.54) is 23.7 Å². The number of carboxylic acids is 1. The molecule has 2 N–H and O–H groups in total. The van der Waals surface area contributed by atoms with Gasteiger partial charge in [-0.3, -0.25) is 4.79 Å². The normalized spacial score (nSPS) is 18.9. The topological polar surface area (TPSA) is 100 Å². The van der Waals surface area contributed by atoms with Gasteiger partial charge in [0.05, 0.1) is 12.2 Å². The Morgan fingerprint density at radius 1 is 1.40 bits per heavy atom. The summed E-state index contributed by atoms with van der Waals surface area (Å²) in [5.74, 6) is -0.956. The van der Waals surface area contributed by atoms with Crippen LogP contribution in [0.1, 0.15) is 35.8 Å². The van der Waals surface area contributed by atoms with Gasteiger partial charge >= 0.3 is 5.97 Å². The van der Waals surface area contributed by atoms with Gasteiger partial charge in [-0.1, -0.05) is 5.21 Å². The first-order valence-corrected chi connectivity index (χ1v) is 6.80. The summed E-state index contributed by atoms with van der Waals surface area (Å²) in [4.78, 5) is 24.3. The largest absolute Gasteiger partial charge is 0.476 e. The summed E-state index contributed by atoms with van der Waals surface area (Å²) in [7, 11) is 0. The van der Waals surface area contributed by atoms with Crippen molar-refractivity contribution in [3.05, 3.63) is 11.9 Å². The molecule has 2 fully saturated rings. The van der Waals surface area contributed by atoms with E-state index in [9.17, 15) is 9.59 Å². The number of likely N-dealkylation sites (tertiary alicyclic amines) is 1. The van der Waals surface area contributed by atoms with E-state index in [4.69, 9.17) is 5.11 Å². The molecule has 1 aromatic heterocycles. The molecule has 1 aliphatic heterocycles.